The van der Waals surface area contributed by atoms with Crippen LogP contribution in [0.4, 0.5) is 0 Å². The maximum absolute atomic E-state index is 12.7. The number of amides is 4. The first-order valence-corrected chi connectivity index (χ1v) is 27.9. The molecule has 2 aliphatic rings. The molecule has 2 fully saturated rings. The quantitative estimate of drug-likeness (QED) is 0.0668. The summed E-state index contributed by atoms with van der Waals surface area (Å²) in [6, 6.07) is 15.5. The van der Waals surface area contributed by atoms with E-state index < -0.39 is 74.7 Å². The molecule has 0 heterocycles. The summed E-state index contributed by atoms with van der Waals surface area (Å²) < 4.78 is 25.1. The largest absolute Gasteiger partial charge is 0.391 e. The van der Waals surface area contributed by atoms with Crippen molar-refractivity contribution in [2.45, 2.75) is 141 Å². The van der Waals surface area contributed by atoms with Gasteiger partial charge in [-0.3, -0.25) is 28.3 Å². The molecule has 0 aromatic heterocycles. The van der Waals surface area contributed by atoms with Crippen LogP contribution in [0.2, 0.25) is 0 Å². The van der Waals surface area contributed by atoms with E-state index in [9.17, 15) is 48.3 Å². The monoisotopic (exact) mass is 963 g/mol. The van der Waals surface area contributed by atoms with Crippen molar-refractivity contribution in [1.82, 2.24) is 21.3 Å². The zero-order valence-corrected chi connectivity index (χ0v) is 41.4. The number of hydrogen-bond acceptors (Lipinski definition) is 10. The summed E-state index contributed by atoms with van der Waals surface area (Å²) in [5.74, 6) is -1.71. The van der Waals surface area contributed by atoms with Crippen LogP contribution in [0.25, 0.3) is 0 Å². The first kappa shape index (κ1) is 56.9. The average Bonchev–Trinajstić information content (AvgIpc) is 3.26. The fraction of sp³-hybridized carbons (Fsp3) is 0.667. The standard InChI is InChI=1S/2C24H40N3O5P/c2*1-17(2)22(27-23(29)21(25)13-18-9-5-3-6-10-18)24(30)26-14-20(28)16-33(31,32)15-19-11-7-4-8-12-19/h2*3,5-6,9-10,17,19-22,28H,4,7-8,11-16,25H2,1-2H3,(H,26,30)(H,27,29)(H,31,32)/t20-,21+,22+;20-,21+,22-/m11/s1. The zero-order valence-electron chi connectivity index (χ0n) is 39.6. The Kier molecular flexibility index (Phi) is 24.8. The van der Waals surface area contributed by atoms with Crippen LogP contribution in [0.1, 0.15) is 103 Å². The second kappa shape index (κ2) is 28.8. The molecule has 8 atom stereocenters. The van der Waals surface area contributed by atoms with Crippen molar-refractivity contribution in [2.75, 3.05) is 37.7 Å². The van der Waals surface area contributed by atoms with Crippen LogP contribution in [0, 0.1) is 23.7 Å². The number of benzene rings is 2. The first-order valence-electron chi connectivity index (χ1n) is 23.9. The highest BCUT2D eigenvalue weighted by Crippen LogP contribution is 2.47. The molecule has 372 valence electrons. The molecular formula is C48H80N6O10P2. The van der Waals surface area contributed by atoms with Crippen LogP contribution >= 0.6 is 14.7 Å². The second-order valence-electron chi connectivity index (χ2n) is 19.3. The summed E-state index contributed by atoms with van der Waals surface area (Å²) in [6.45, 7) is 6.91. The Balaban J connectivity index is 0.000000350. The Bertz CT molecular complexity index is 1730. The number of nitrogens with one attached hydrogen (secondary N) is 4. The van der Waals surface area contributed by atoms with E-state index >= 15 is 0 Å². The lowest BCUT2D eigenvalue weighted by molar-refractivity contribution is -0.130. The van der Waals surface area contributed by atoms with Gasteiger partial charge in [-0.1, -0.05) is 127 Å². The number of hydrogen-bond donors (Lipinski definition) is 10. The molecule has 66 heavy (non-hydrogen) atoms. The van der Waals surface area contributed by atoms with Crippen LogP contribution in [0.3, 0.4) is 0 Å². The average molecular weight is 963 g/mol. The van der Waals surface area contributed by atoms with Gasteiger partial charge in [0.25, 0.3) is 0 Å². The van der Waals surface area contributed by atoms with Gasteiger partial charge in [0.2, 0.25) is 38.4 Å². The van der Waals surface area contributed by atoms with Gasteiger partial charge in [-0.05, 0) is 73.3 Å². The van der Waals surface area contributed by atoms with E-state index in [0.717, 1.165) is 62.5 Å². The lowest BCUT2D eigenvalue weighted by atomic mass is 9.91. The van der Waals surface area contributed by atoms with Gasteiger partial charge in [0.05, 0.1) is 36.6 Å². The predicted octanol–water partition coefficient (Wildman–Crippen LogP) is 4.05. The molecular weight excluding hydrogens is 883 g/mol. The Morgan fingerprint density at radius 3 is 1.18 bits per heavy atom. The Morgan fingerprint density at radius 1 is 0.561 bits per heavy atom. The van der Waals surface area contributed by atoms with Crippen LogP contribution in [-0.2, 0) is 41.1 Å². The minimum atomic E-state index is -3.48. The summed E-state index contributed by atoms with van der Waals surface area (Å²) in [4.78, 5) is 71.1. The number of nitrogens with two attached hydrogens (primary N) is 2. The molecule has 0 radical (unpaired) electrons. The molecule has 0 saturated heterocycles. The van der Waals surface area contributed by atoms with E-state index in [1.807, 2.05) is 60.7 Å². The van der Waals surface area contributed by atoms with Crippen molar-refractivity contribution in [1.29, 1.82) is 0 Å². The molecule has 2 aromatic carbocycles. The lowest BCUT2D eigenvalue weighted by Crippen LogP contribution is -2.55. The maximum Gasteiger partial charge on any atom is 0.242 e. The van der Waals surface area contributed by atoms with Crippen molar-refractivity contribution < 1.29 is 48.3 Å². The number of aliphatic hydroxyl groups is 2. The minimum Gasteiger partial charge on any atom is -0.391 e. The third-order valence-corrected chi connectivity index (χ3v) is 16.5. The molecule has 0 bridgehead atoms. The van der Waals surface area contributed by atoms with Crippen LogP contribution in [0.5, 0.6) is 0 Å². The summed E-state index contributed by atoms with van der Waals surface area (Å²) in [5.41, 5.74) is 13.9. The molecule has 2 aromatic rings. The molecule has 2 saturated carbocycles. The molecule has 0 aliphatic heterocycles. The van der Waals surface area contributed by atoms with Crippen molar-refractivity contribution >= 4 is 38.4 Å². The summed E-state index contributed by atoms with van der Waals surface area (Å²) in [6.07, 6.45) is 8.92. The lowest BCUT2D eigenvalue weighted by Gasteiger charge is -2.26. The molecule has 18 heteroatoms. The topological polar surface area (TPSA) is 284 Å². The van der Waals surface area contributed by atoms with Crippen molar-refractivity contribution in [3.05, 3.63) is 71.8 Å². The maximum atomic E-state index is 12.7. The van der Waals surface area contributed by atoms with Gasteiger partial charge in [-0.25, -0.2) is 0 Å². The predicted molar refractivity (Wildman–Crippen MR) is 260 cm³/mol. The summed E-state index contributed by atoms with van der Waals surface area (Å²) in [5, 5.41) is 31.1. The molecule has 4 rings (SSSR count). The van der Waals surface area contributed by atoms with Gasteiger partial charge in [0.1, 0.15) is 12.1 Å². The van der Waals surface area contributed by atoms with E-state index in [0.29, 0.717) is 12.8 Å². The third kappa shape index (κ3) is 22.1. The number of carbonyl (C=O) groups excluding carboxylic acids is 4. The van der Waals surface area contributed by atoms with Gasteiger partial charge in [-0.15, -0.1) is 0 Å². The normalized spacial score (nSPS) is 19.3. The van der Waals surface area contributed by atoms with Crippen LogP contribution in [-0.4, -0.2) is 118 Å². The number of rotatable bonds is 24. The van der Waals surface area contributed by atoms with E-state index in [-0.39, 0.29) is 61.4 Å². The fourth-order valence-electron chi connectivity index (χ4n) is 8.65. The smallest absolute Gasteiger partial charge is 0.242 e. The molecule has 2 aliphatic carbocycles. The number of carbonyl (C=O) groups is 4. The Labute approximate surface area is 392 Å². The third-order valence-electron chi connectivity index (χ3n) is 12.3. The second-order valence-corrected chi connectivity index (χ2v) is 24.1. The highest BCUT2D eigenvalue weighted by Gasteiger charge is 2.32. The minimum absolute atomic E-state index is 0.150. The molecule has 0 spiro atoms. The molecule has 12 N–H and O–H groups in total. The number of aliphatic hydroxyl groups excluding tert-OH is 2. The Morgan fingerprint density at radius 2 is 0.879 bits per heavy atom. The van der Waals surface area contributed by atoms with E-state index in [2.05, 4.69) is 21.3 Å². The highest BCUT2D eigenvalue weighted by atomic mass is 31.2. The Hall–Kier alpha value is -3.46. The van der Waals surface area contributed by atoms with Crippen molar-refractivity contribution in [2.24, 2.45) is 35.1 Å². The van der Waals surface area contributed by atoms with Crippen LogP contribution in [0.15, 0.2) is 60.7 Å². The van der Waals surface area contributed by atoms with Gasteiger partial charge in [0.15, 0.2) is 0 Å². The molecule has 2 unspecified atom stereocenters. The van der Waals surface area contributed by atoms with E-state index in [1.54, 1.807) is 27.7 Å². The summed E-state index contributed by atoms with van der Waals surface area (Å²) in [7, 11) is -6.95. The summed E-state index contributed by atoms with van der Waals surface area (Å²) >= 11 is 0. The van der Waals surface area contributed by atoms with E-state index in [4.69, 9.17) is 11.5 Å². The zero-order chi connectivity index (χ0) is 48.9. The van der Waals surface area contributed by atoms with Gasteiger partial charge in [0, 0.05) is 25.4 Å². The van der Waals surface area contributed by atoms with Crippen LogP contribution < -0.4 is 32.7 Å². The van der Waals surface area contributed by atoms with Crippen molar-refractivity contribution in [3.63, 3.8) is 0 Å². The van der Waals surface area contributed by atoms with Gasteiger partial charge in [-0.2, -0.15) is 0 Å². The molecule has 16 nitrogen and oxygen atoms in total. The molecule has 4 amide bonds. The van der Waals surface area contributed by atoms with Gasteiger partial charge >= 0.3 is 0 Å². The SMILES string of the molecule is CC(C)[C@@H](NC(=O)[C@@H](N)Cc1ccccc1)C(=O)NC[C@@H](O)CP(=O)(O)CC1CCCCC1.CC(C)[C@H](NC(=O)[C@@H](N)Cc1ccccc1)C(=O)NC[C@@H](O)CP(=O)(O)CC1CCCCC1. The van der Waals surface area contributed by atoms with E-state index in [1.165, 1.54) is 12.8 Å². The first-order chi connectivity index (χ1) is 31.1. The highest BCUT2D eigenvalue weighted by molar-refractivity contribution is 7.58. The van der Waals surface area contributed by atoms with Crippen molar-refractivity contribution in [3.8, 4) is 0 Å². The van der Waals surface area contributed by atoms with Gasteiger partial charge < -0.3 is 52.7 Å². The fourth-order valence-corrected chi connectivity index (χ4v) is 12.9.